The van der Waals surface area contributed by atoms with Crippen LogP contribution in [0.25, 0.3) is 0 Å². The van der Waals surface area contributed by atoms with Gasteiger partial charge in [0, 0.05) is 0 Å². The van der Waals surface area contributed by atoms with Crippen LogP contribution in [0, 0.1) is 0 Å². The lowest BCUT2D eigenvalue weighted by Crippen LogP contribution is -2.51. The van der Waals surface area contributed by atoms with Crippen molar-refractivity contribution in [2.24, 2.45) is 0 Å². The van der Waals surface area contributed by atoms with Gasteiger partial charge in [0.05, 0.1) is 4.90 Å². The van der Waals surface area contributed by atoms with E-state index in [1.54, 1.807) is 33.8 Å². The molecule has 0 saturated carbocycles. The van der Waals surface area contributed by atoms with Gasteiger partial charge in [0.25, 0.3) is 10.0 Å². The number of carbonyl (C=O) groups is 2. The summed E-state index contributed by atoms with van der Waals surface area (Å²) in [6, 6.07) is 7.25. The van der Waals surface area contributed by atoms with E-state index in [1.165, 1.54) is 24.3 Å². The Morgan fingerprint density at radius 1 is 1.04 bits per heavy atom. The average Bonchev–Trinajstić information content (AvgIpc) is 2.59. The molecule has 2 unspecified atom stereocenters. The highest BCUT2D eigenvalue weighted by atomic mass is 32.2. The van der Waals surface area contributed by atoms with Gasteiger partial charge in [-0.2, -0.15) is 8.42 Å². The first-order chi connectivity index (χ1) is 11.7. The summed E-state index contributed by atoms with van der Waals surface area (Å²) in [5.41, 5.74) is 1.96. The van der Waals surface area contributed by atoms with E-state index in [1.807, 2.05) is 5.43 Å². The number of nitrogens with one attached hydrogen (secondary N) is 1. The molecule has 2 atom stereocenters. The van der Waals surface area contributed by atoms with Crippen molar-refractivity contribution in [1.29, 1.82) is 0 Å². The molecular weight excluding hydrogens is 348 g/mol. The molecule has 0 bridgehead atoms. The highest BCUT2D eigenvalue weighted by molar-refractivity contribution is 7.89. The number of ether oxygens (including phenoxy) is 2. The Labute approximate surface area is 148 Å². The van der Waals surface area contributed by atoms with Gasteiger partial charge in [-0.25, -0.2) is 15.0 Å². The van der Waals surface area contributed by atoms with Crippen molar-refractivity contribution < 1.29 is 27.5 Å². The Kier molecular flexibility index (Phi) is 7.69. The van der Waals surface area contributed by atoms with Crippen molar-refractivity contribution in [1.82, 2.24) is 9.84 Å². The summed E-state index contributed by atoms with van der Waals surface area (Å²) in [7, 11) is -4.34. The Bertz CT molecular complexity index is 677. The van der Waals surface area contributed by atoms with Crippen LogP contribution in [-0.4, -0.2) is 37.2 Å². The largest absolute Gasteiger partial charge is 0.445 e. The van der Waals surface area contributed by atoms with Crippen molar-refractivity contribution in [3.8, 4) is 0 Å². The van der Waals surface area contributed by atoms with E-state index in [0.717, 1.165) is 0 Å². The van der Waals surface area contributed by atoms with Crippen molar-refractivity contribution >= 4 is 22.2 Å². The van der Waals surface area contributed by atoms with Crippen LogP contribution in [0.2, 0.25) is 0 Å². The van der Waals surface area contributed by atoms with Crippen LogP contribution in [0.5, 0.6) is 0 Å². The predicted molar refractivity (Wildman–Crippen MR) is 91.1 cm³/mol. The van der Waals surface area contributed by atoms with Crippen LogP contribution in [0.1, 0.15) is 40.5 Å². The van der Waals surface area contributed by atoms with Crippen LogP contribution in [-0.2, 0) is 19.5 Å². The number of sulfonamides is 1. The molecule has 0 heterocycles. The minimum absolute atomic E-state index is 0.166. The molecule has 1 rings (SSSR count). The summed E-state index contributed by atoms with van der Waals surface area (Å²) in [6.07, 6.45) is -2.20. The minimum atomic E-state index is -4.34. The highest BCUT2D eigenvalue weighted by Gasteiger charge is 2.34. The van der Waals surface area contributed by atoms with Crippen molar-refractivity contribution in [2.45, 2.75) is 57.6 Å². The summed E-state index contributed by atoms with van der Waals surface area (Å²) < 4.78 is 35.6. The van der Waals surface area contributed by atoms with E-state index in [4.69, 9.17) is 9.47 Å². The molecule has 25 heavy (non-hydrogen) atoms. The van der Waals surface area contributed by atoms with Gasteiger partial charge >= 0.3 is 12.2 Å². The second-order valence-corrected chi connectivity index (χ2v) is 7.21. The zero-order valence-corrected chi connectivity index (χ0v) is 15.6. The number of amides is 2. The van der Waals surface area contributed by atoms with Crippen molar-refractivity contribution in [2.75, 3.05) is 0 Å². The first kappa shape index (κ1) is 20.8. The molecule has 8 nitrogen and oxygen atoms in total. The predicted octanol–water partition coefficient (Wildman–Crippen LogP) is 3.05. The average molecular weight is 372 g/mol. The smallest absolute Gasteiger partial charge is 0.443 e. The summed E-state index contributed by atoms with van der Waals surface area (Å²) >= 11 is 0. The van der Waals surface area contributed by atoms with E-state index in [0.29, 0.717) is 12.8 Å². The van der Waals surface area contributed by atoms with Crippen LogP contribution < -0.4 is 5.43 Å². The molecule has 140 valence electrons. The maximum Gasteiger partial charge on any atom is 0.443 e. The molecule has 1 N–H and O–H groups in total. The van der Waals surface area contributed by atoms with Gasteiger partial charge < -0.3 is 9.47 Å². The second-order valence-electron chi connectivity index (χ2n) is 5.42. The van der Waals surface area contributed by atoms with Gasteiger partial charge in [-0.1, -0.05) is 32.0 Å². The SMILES string of the molecule is CCC(C)OC(=O)NN(C(=O)OC(C)CC)S(=O)(=O)c1ccccc1. The van der Waals surface area contributed by atoms with Gasteiger partial charge in [0.1, 0.15) is 12.2 Å². The molecule has 0 fully saturated rings. The number of carbonyl (C=O) groups excluding carboxylic acids is 2. The number of hydrazine groups is 1. The fourth-order valence-electron chi connectivity index (χ4n) is 1.58. The lowest BCUT2D eigenvalue weighted by molar-refractivity contribution is 0.0631. The van der Waals surface area contributed by atoms with Gasteiger partial charge in [-0.05, 0) is 38.8 Å². The lowest BCUT2D eigenvalue weighted by atomic mass is 10.3. The molecule has 0 aliphatic rings. The molecule has 0 spiro atoms. The zero-order valence-electron chi connectivity index (χ0n) is 14.8. The van der Waals surface area contributed by atoms with E-state index in [9.17, 15) is 18.0 Å². The Balaban J connectivity index is 3.10. The molecule has 0 saturated heterocycles. The number of hydrogen-bond acceptors (Lipinski definition) is 6. The van der Waals surface area contributed by atoms with E-state index < -0.39 is 34.4 Å². The summed E-state index contributed by atoms with van der Waals surface area (Å²) in [4.78, 5) is 24.0. The van der Waals surface area contributed by atoms with Gasteiger partial charge in [0.15, 0.2) is 0 Å². The molecule has 1 aromatic carbocycles. The van der Waals surface area contributed by atoms with E-state index in [2.05, 4.69) is 0 Å². The van der Waals surface area contributed by atoms with Crippen LogP contribution in [0.4, 0.5) is 9.59 Å². The second kappa shape index (κ2) is 9.26. The van der Waals surface area contributed by atoms with Gasteiger partial charge in [-0.3, -0.25) is 0 Å². The maximum atomic E-state index is 12.7. The third-order valence-electron chi connectivity index (χ3n) is 3.40. The molecule has 0 radical (unpaired) electrons. The Morgan fingerprint density at radius 2 is 1.56 bits per heavy atom. The third kappa shape index (κ3) is 5.93. The summed E-state index contributed by atoms with van der Waals surface area (Å²) in [5.74, 6) is 0. The maximum absolute atomic E-state index is 12.7. The fraction of sp³-hybridized carbons (Fsp3) is 0.500. The molecular formula is C16H24N2O6S. The van der Waals surface area contributed by atoms with Crippen molar-refractivity contribution in [3.63, 3.8) is 0 Å². The molecule has 0 aliphatic heterocycles. The first-order valence-electron chi connectivity index (χ1n) is 8.00. The number of nitrogens with zero attached hydrogens (tertiary/aromatic N) is 1. The van der Waals surface area contributed by atoms with Crippen molar-refractivity contribution in [3.05, 3.63) is 30.3 Å². The third-order valence-corrected chi connectivity index (χ3v) is 4.99. The van der Waals surface area contributed by atoms with Crippen LogP contribution in [0.15, 0.2) is 35.2 Å². The first-order valence-corrected chi connectivity index (χ1v) is 9.44. The van der Waals surface area contributed by atoms with E-state index in [-0.39, 0.29) is 9.31 Å². The number of rotatable bonds is 6. The highest BCUT2D eigenvalue weighted by Crippen LogP contribution is 2.16. The topological polar surface area (TPSA) is 102 Å². The summed E-state index contributed by atoms with van der Waals surface area (Å²) in [6.45, 7) is 6.84. The molecule has 0 aromatic heterocycles. The minimum Gasteiger partial charge on any atom is -0.445 e. The Morgan fingerprint density at radius 3 is 2.08 bits per heavy atom. The fourth-order valence-corrected chi connectivity index (χ4v) is 2.73. The van der Waals surface area contributed by atoms with Crippen LogP contribution in [0.3, 0.4) is 0 Å². The summed E-state index contributed by atoms with van der Waals surface area (Å²) in [5, 5.41) is 0. The lowest BCUT2D eigenvalue weighted by Gasteiger charge is -2.24. The number of hydrogen-bond donors (Lipinski definition) is 1. The van der Waals surface area contributed by atoms with Crippen LogP contribution >= 0.6 is 0 Å². The normalized spacial score (nSPS) is 13.4. The standard InChI is InChI=1S/C16H24N2O6S/c1-5-12(3)23-15(19)17-18(16(20)24-13(4)6-2)25(21,22)14-10-8-7-9-11-14/h7-13H,5-6H2,1-4H3,(H,17,19). The zero-order chi connectivity index (χ0) is 19.0. The monoisotopic (exact) mass is 372 g/mol. The quantitative estimate of drug-likeness (QED) is 0.770. The number of benzene rings is 1. The molecule has 9 heteroatoms. The molecule has 0 aliphatic carbocycles. The molecule has 1 aromatic rings. The van der Waals surface area contributed by atoms with Gasteiger partial charge in [-0.15, -0.1) is 4.41 Å². The Hall–Kier alpha value is -2.29. The van der Waals surface area contributed by atoms with Gasteiger partial charge in [0.2, 0.25) is 0 Å². The van der Waals surface area contributed by atoms with E-state index >= 15 is 0 Å². The molecule has 2 amide bonds.